The van der Waals surface area contributed by atoms with Gasteiger partial charge in [0.2, 0.25) is 5.82 Å². The van der Waals surface area contributed by atoms with Gasteiger partial charge in [0.1, 0.15) is 5.58 Å². The summed E-state index contributed by atoms with van der Waals surface area (Å²) in [6, 6.07) is 20.4. The molecule has 0 aliphatic carbocycles. The van der Waals surface area contributed by atoms with Gasteiger partial charge in [-0.3, -0.25) is 4.79 Å². The van der Waals surface area contributed by atoms with E-state index in [9.17, 15) is 4.79 Å². The Labute approximate surface area is 222 Å². The van der Waals surface area contributed by atoms with Gasteiger partial charge < -0.3 is 13.9 Å². The van der Waals surface area contributed by atoms with Crippen molar-refractivity contribution >= 4 is 44.0 Å². The third kappa shape index (κ3) is 5.02. The first-order valence-corrected chi connectivity index (χ1v) is 13.0. The lowest BCUT2D eigenvalue weighted by molar-refractivity contribution is 0.203. The van der Waals surface area contributed by atoms with Crippen LogP contribution in [0, 0.1) is 0 Å². The van der Waals surface area contributed by atoms with Crippen LogP contribution in [0.15, 0.2) is 85.5 Å². The number of furan rings is 1. The number of nitrogens with zero attached hydrogens (tertiary/aromatic N) is 3. The average Bonchev–Trinajstić information content (AvgIpc) is 3.34. The Morgan fingerprint density at radius 2 is 1.86 bits per heavy atom. The Bertz CT molecular complexity index is 1640. The largest absolute Gasteiger partial charge is 0.490 e. The SMILES string of the molecule is CCOc1cc(C=Nn2c(-c3cc4ccccc4o3)nc3ccccc3c2=O)c(Br)cc1O[C@@H](C)CC. The van der Waals surface area contributed by atoms with Crippen molar-refractivity contribution in [3.05, 3.63) is 87.1 Å². The van der Waals surface area contributed by atoms with Gasteiger partial charge in [0.05, 0.1) is 29.8 Å². The van der Waals surface area contributed by atoms with Gasteiger partial charge in [0.25, 0.3) is 5.56 Å². The van der Waals surface area contributed by atoms with Crippen molar-refractivity contribution in [2.24, 2.45) is 5.10 Å². The van der Waals surface area contributed by atoms with E-state index >= 15 is 0 Å². The fourth-order valence-electron chi connectivity index (χ4n) is 3.91. The Balaban J connectivity index is 1.64. The molecule has 188 valence electrons. The number of hydrogen-bond acceptors (Lipinski definition) is 6. The summed E-state index contributed by atoms with van der Waals surface area (Å²) < 4.78 is 20.0. The molecule has 7 nitrogen and oxygen atoms in total. The smallest absolute Gasteiger partial charge is 0.282 e. The zero-order valence-corrected chi connectivity index (χ0v) is 22.4. The molecular formula is C29H26BrN3O4. The highest BCUT2D eigenvalue weighted by Crippen LogP contribution is 2.34. The monoisotopic (exact) mass is 559 g/mol. The summed E-state index contributed by atoms with van der Waals surface area (Å²) >= 11 is 3.61. The van der Waals surface area contributed by atoms with Crippen molar-refractivity contribution in [2.75, 3.05) is 6.61 Å². The molecule has 3 aromatic carbocycles. The van der Waals surface area contributed by atoms with Crippen LogP contribution < -0.4 is 15.0 Å². The van der Waals surface area contributed by atoms with Crippen LogP contribution in [-0.4, -0.2) is 28.6 Å². The third-order valence-electron chi connectivity index (χ3n) is 5.98. The molecule has 8 heteroatoms. The fraction of sp³-hybridized carbons (Fsp3) is 0.207. The summed E-state index contributed by atoms with van der Waals surface area (Å²) in [5, 5.41) is 5.95. The van der Waals surface area contributed by atoms with Gasteiger partial charge in [-0.2, -0.15) is 9.78 Å². The Morgan fingerprint density at radius 3 is 2.65 bits per heavy atom. The zero-order chi connectivity index (χ0) is 25.9. The first-order chi connectivity index (χ1) is 18.0. The summed E-state index contributed by atoms with van der Waals surface area (Å²) in [5.41, 5.74) is 1.70. The Hall–Kier alpha value is -3.91. The van der Waals surface area contributed by atoms with E-state index in [1.54, 1.807) is 24.4 Å². The zero-order valence-electron chi connectivity index (χ0n) is 20.8. The molecule has 0 saturated heterocycles. The number of fused-ring (bicyclic) bond motifs is 2. The maximum Gasteiger partial charge on any atom is 0.282 e. The van der Waals surface area contributed by atoms with Crippen LogP contribution in [0.4, 0.5) is 0 Å². The molecule has 0 amide bonds. The van der Waals surface area contributed by atoms with Crippen molar-refractivity contribution in [3.8, 4) is 23.1 Å². The van der Waals surface area contributed by atoms with Crippen LogP contribution in [0.2, 0.25) is 0 Å². The van der Waals surface area contributed by atoms with Crippen LogP contribution in [0.3, 0.4) is 0 Å². The van der Waals surface area contributed by atoms with Gasteiger partial charge >= 0.3 is 0 Å². The number of para-hydroxylation sites is 2. The van der Waals surface area contributed by atoms with E-state index < -0.39 is 0 Å². The lowest BCUT2D eigenvalue weighted by atomic mass is 10.2. The normalized spacial score (nSPS) is 12.4. The molecule has 0 aliphatic heterocycles. The minimum Gasteiger partial charge on any atom is -0.490 e. The van der Waals surface area contributed by atoms with Crippen LogP contribution in [0.5, 0.6) is 11.5 Å². The molecule has 0 bridgehead atoms. The van der Waals surface area contributed by atoms with E-state index in [1.807, 2.05) is 62.4 Å². The molecule has 5 rings (SSSR count). The van der Waals surface area contributed by atoms with Crippen LogP contribution >= 0.6 is 15.9 Å². The number of aromatic nitrogens is 2. The summed E-state index contributed by atoms with van der Waals surface area (Å²) in [6.07, 6.45) is 2.51. The van der Waals surface area contributed by atoms with E-state index in [-0.39, 0.29) is 11.7 Å². The van der Waals surface area contributed by atoms with Gasteiger partial charge in [-0.1, -0.05) is 37.3 Å². The number of hydrogen-bond donors (Lipinski definition) is 0. The summed E-state index contributed by atoms with van der Waals surface area (Å²) in [5.74, 6) is 2.02. The van der Waals surface area contributed by atoms with Gasteiger partial charge in [-0.15, -0.1) is 0 Å². The predicted molar refractivity (Wildman–Crippen MR) is 150 cm³/mol. The quantitative estimate of drug-likeness (QED) is 0.191. The van der Waals surface area contributed by atoms with Crippen LogP contribution in [0.25, 0.3) is 33.5 Å². The van der Waals surface area contributed by atoms with Crippen LogP contribution in [-0.2, 0) is 0 Å². The van der Waals surface area contributed by atoms with E-state index in [1.165, 1.54) is 4.68 Å². The topological polar surface area (TPSA) is 78.9 Å². The molecule has 0 aliphatic rings. The maximum atomic E-state index is 13.5. The molecular weight excluding hydrogens is 534 g/mol. The molecule has 0 N–H and O–H groups in total. The first-order valence-electron chi connectivity index (χ1n) is 12.2. The van der Waals surface area contributed by atoms with E-state index in [0.29, 0.717) is 46.2 Å². The molecule has 0 radical (unpaired) electrons. The van der Waals surface area contributed by atoms with E-state index in [0.717, 1.165) is 21.8 Å². The highest BCUT2D eigenvalue weighted by atomic mass is 79.9. The molecule has 37 heavy (non-hydrogen) atoms. The second kappa shape index (κ2) is 10.6. The summed E-state index contributed by atoms with van der Waals surface area (Å²) in [7, 11) is 0. The molecule has 0 unspecified atom stereocenters. The second-order valence-electron chi connectivity index (χ2n) is 8.55. The molecule has 2 heterocycles. The number of halogens is 1. The molecule has 0 saturated carbocycles. The van der Waals surface area contributed by atoms with Crippen molar-refractivity contribution in [1.82, 2.24) is 9.66 Å². The Kier molecular flexibility index (Phi) is 7.10. The third-order valence-corrected chi connectivity index (χ3v) is 6.66. The number of ether oxygens (including phenoxy) is 2. The van der Waals surface area contributed by atoms with Gasteiger partial charge in [-0.05, 0) is 72.6 Å². The standard InChI is InChI=1S/C29H26BrN3O4/c1-4-18(3)36-26-16-22(30)20(15-25(26)35-5-2)17-31-33-28(27-14-19-10-6-9-13-24(19)37-27)32-23-12-8-7-11-21(23)29(33)34/h6-18H,4-5H2,1-3H3/t18-/m0/s1. The maximum absolute atomic E-state index is 13.5. The van der Waals surface area contributed by atoms with E-state index in [2.05, 4.69) is 28.0 Å². The molecule has 0 spiro atoms. The highest BCUT2D eigenvalue weighted by molar-refractivity contribution is 9.10. The number of rotatable bonds is 8. The van der Waals surface area contributed by atoms with E-state index in [4.69, 9.17) is 18.9 Å². The van der Waals surface area contributed by atoms with Gasteiger partial charge in [0.15, 0.2) is 17.3 Å². The van der Waals surface area contributed by atoms with Crippen molar-refractivity contribution in [1.29, 1.82) is 0 Å². The lowest BCUT2D eigenvalue weighted by Gasteiger charge is -2.17. The predicted octanol–water partition coefficient (Wildman–Crippen LogP) is 7.03. The highest BCUT2D eigenvalue weighted by Gasteiger charge is 2.17. The van der Waals surface area contributed by atoms with Gasteiger partial charge in [-0.25, -0.2) is 4.98 Å². The fourth-order valence-corrected chi connectivity index (χ4v) is 4.34. The second-order valence-corrected chi connectivity index (χ2v) is 9.41. The average molecular weight is 560 g/mol. The van der Waals surface area contributed by atoms with Crippen LogP contribution in [0.1, 0.15) is 32.8 Å². The molecule has 2 aromatic heterocycles. The van der Waals surface area contributed by atoms with Gasteiger partial charge in [0, 0.05) is 15.4 Å². The summed E-state index contributed by atoms with van der Waals surface area (Å²) in [6.45, 7) is 6.48. The lowest BCUT2D eigenvalue weighted by Crippen LogP contribution is -2.20. The van der Waals surface area contributed by atoms with Crippen molar-refractivity contribution < 1.29 is 13.9 Å². The van der Waals surface area contributed by atoms with Crippen molar-refractivity contribution in [3.63, 3.8) is 0 Å². The Morgan fingerprint density at radius 1 is 1.08 bits per heavy atom. The molecule has 5 aromatic rings. The summed E-state index contributed by atoms with van der Waals surface area (Å²) in [4.78, 5) is 18.3. The number of benzene rings is 3. The molecule has 0 fully saturated rings. The van der Waals surface area contributed by atoms with Crippen molar-refractivity contribution in [2.45, 2.75) is 33.3 Å². The minimum atomic E-state index is -0.296. The first kappa shape index (κ1) is 24.8. The molecule has 1 atom stereocenters. The minimum absolute atomic E-state index is 0.0410.